The Morgan fingerprint density at radius 2 is 2.27 bits per heavy atom. The van der Waals surface area contributed by atoms with Crippen LogP contribution in [0.2, 0.25) is 0 Å². The molecule has 1 aliphatic carbocycles. The SMILES string of the molecule is CCC1/C=C(/OC(F)(F)P)C/C=C\CC1. The molecule has 0 aromatic heterocycles. The van der Waals surface area contributed by atoms with Crippen molar-refractivity contribution in [3.8, 4) is 0 Å². The second kappa shape index (κ2) is 5.60. The minimum atomic E-state index is -3.16. The molecule has 1 nitrogen and oxygen atoms in total. The van der Waals surface area contributed by atoms with Gasteiger partial charge in [-0.2, -0.15) is 8.78 Å². The molecule has 86 valence electrons. The highest BCUT2D eigenvalue weighted by molar-refractivity contribution is 7.17. The first kappa shape index (κ1) is 12.6. The van der Waals surface area contributed by atoms with Crippen molar-refractivity contribution in [1.82, 2.24) is 0 Å². The fourth-order valence-corrected chi connectivity index (χ4v) is 1.77. The first-order chi connectivity index (χ1) is 7.01. The van der Waals surface area contributed by atoms with E-state index in [4.69, 9.17) is 0 Å². The van der Waals surface area contributed by atoms with Crippen molar-refractivity contribution in [3.05, 3.63) is 24.0 Å². The highest BCUT2D eigenvalue weighted by Crippen LogP contribution is 2.30. The van der Waals surface area contributed by atoms with Crippen LogP contribution < -0.4 is 0 Å². The Morgan fingerprint density at radius 3 is 2.87 bits per heavy atom. The maximum atomic E-state index is 12.6. The van der Waals surface area contributed by atoms with Gasteiger partial charge in [-0.15, -0.1) is 0 Å². The zero-order chi connectivity index (χ0) is 11.3. The minimum absolute atomic E-state index is 0.345. The van der Waals surface area contributed by atoms with E-state index in [1.54, 1.807) is 0 Å². The summed E-state index contributed by atoms with van der Waals surface area (Å²) in [6.07, 6.45) is 9.18. The molecule has 2 atom stereocenters. The van der Waals surface area contributed by atoms with Crippen LogP contribution in [-0.2, 0) is 4.74 Å². The van der Waals surface area contributed by atoms with Gasteiger partial charge in [0.25, 0.3) is 0 Å². The molecule has 0 saturated carbocycles. The molecule has 0 N–H and O–H groups in total. The highest BCUT2D eigenvalue weighted by atomic mass is 31.0. The minimum Gasteiger partial charge on any atom is -0.434 e. The molecule has 2 unspecified atom stereocenters. The van der Waals surface area contributed by atoms with Gasteiger partial charge in [0.15, 0.2) is 0 Å². The number of rotatable bonds is 3. The van der Waals surface area contributed by atoms with E-state index < -0.39 is 5.85 Å². The molecule has 0 fully saturated rings. The molecule has 15 heavy (non-hydrogen) atoms. The summed E-state index contributed by atoms with van der Waals surface area (Å²) in [6, 6.07) is 0. The lowest BCUT2D eigenvalue weighted by Crippen LogP contribution is -2.12. The van der Waals surface area contributed by atoms with E-state index in [9.17, 15) is 8.78 Å². The summed E-state index contributed by atoms with van der Waals surface area (Å²) in [5.74, 6) is -2.44. The van der Waals surface area contributed by atoms with E-state index in [1.165, 1.54) is 9.24 Å². The molecule has 0 aromatic carbocycles. The monoisotopic (exact) mass is 234 g/mol. The molecule has 0 saturated heterocycles. The zero-order valence-corrected chi connectivity index (χ0v) is 10.0. The molecule has 0 spiro atoms. The second-order valence-corrected chi connectivity index (χ2v) is 4.39. The van der Waals surface area contributed by atoms with Crippen LogP contribution in [-0.4, -0.2) is 5.85 Å². The number of allylic oxidation sites excluding steroid dienone is 3. The topological polar surface area (TPSA) is 9.23 Å². The number of alkyl halides is 2. The Bertz CT molecular complexity index is 256. The summed E-state index contributed by atoms with van der Waals surface area (Å²) in [5.41, 5.74) is 0. The van der Waals surface area contributed by atoms with Crippen molar-refractivity contribution in [2.24, 2.45) is 5.92 Å². The van der Waals surface area contributed by atoms with Crippen LogP contribution in [0.3, 0.4) is 0 Å². The third-order valence-electron chi connectivity index (χ3n) is 2.40. The predicted molar refractivity (Wildman–Crippen MR) is 60.6 cm³/mol. The maximum absolute atomic E-state index is 12.6. The average Bonchev–Trinajstić information content (AvgIpc) is 2.07. The van der Waals surface area contributed by atoms with Crippen molar-refractivity contribution >= 4 is 9.24 Å². The van der Waals surface area contributed by atoms with Gasteiger partial charge in [-0.1, -0.05) is 19.1 Å². The molecular weight excluding hydrogens is 217 g/mol. The molecule has 0 aromatic rings. The summed E-state index contributed by atoms with van der Waals surface area (Å²) >= 11 is 0. The van der Waals surface area contributed by atoms with E-state index in [0.29, 0.717) is 18.1 Å². The van der Waals surface area contributed by atoms with Gasteiger partial charge in [-0.3, -0.25) is 0 Å². The van der Waals surface area contributed by atoms with Gasteiger partial charge >= 0.3 is 5.85 Å². The summed E-state index contributed by atoms with van der Waals surface area (Å²) < 4.78 is 29.9. The maximum Gasteiger partial charge on any atom is 0.408 e. The second-order valence-electron chi connectivity index (χ2n) is 3.72. The Hall–Kier alpha value is -0.430. The van der Waals surface area contributed by atoms with Crippen LogP contribution in [0.15, 0.2) is 24.0 Å². The van der Waals surface area contributed by atoms with Crippen molar-refractivity contribution in [1.29, 1.82) is 0 Å². The standard InChI is InChI=1S/C11H17F2OP/c1-2-9-6-4-3-5-7-10(8-9)14-11(12,13)15/h3,5,8-9H,2,4,6-7,15H2,1H3/b5-3-,10-8+. The van der Waals surface area contributed by atoms with E-state index in [2.05, 4.69) is 11.7 Å². The van der Waals surface area contributed by atoms with E-state index >= 15 is 0 Å². The van der Waals surface area contributed by atoms with E-state index in [-0.39, 0.29) is 0 Å². The van der Waals surface area contributed by atoms with Crippen LogP contribution >= 0.6 is 9.24 Å². The van der Waals surface area contributed by atoms with Gasteiger partial charge < -0.3 is 4.74 Å². The summed E-state index contributed by atoms with van der Waals surface area (Å²) in [7, 11) is 1.40. The van der Waals surface area contributed by atoms with Gasteiger partial charge in [-0.25, -0.2) is 0 Å². The van der Waals surface area contributed by atoms with Crippen LogP contribution in [0.25, 0.3) is 0 Å². The number of halogens is 2. The molecule has 0 radical (unpaired) electrons. The molecule has 4 heteroatoms. The predicted octanol–water partition coefficient (Wildman–Crippen LogP) is 4.08. The molecule has 0 bridgehead atoms. The molecular formula is C11H17F2OP. The summed E-state index contributed by atoms with van der Waals surface area (Å²) in [5, 5.41) is 0. The van der Waals surface area contributed by atoms with Crippen LogP contribution in [0.5, 0.6) is 0 Å². The van der Waals surface area contributed by atoms with Crippen molar-refractivity contribution < 1.29 is 13.5 Å². The van der Waals surface area contributed by atoms with Crippen LogP contribution in [0, 0.1) is 5.92 Å². The molecule has 0 amide bonds. The molecule has 1 aliphatic rings. The van der Waals surface area contributed by atoms with E-state index in [0.717, 1.165) is 19.3 Å². The average molecular weight is 234 g/mol. The van der Waals surface area contributed by atoms with Crippen LogP contribution in [0.1, 0.15) is 32.6 Å². The Balaban J connectivity index is 2.68. The van der Waals surface area contributed by atoms with Gasteiger partial charge in [0.05, 0.1) is 0 Å². The fourth-order valence-electron chi connectivity index (χ4n) is 1.61. The van der Waals surface area contributed by atoms with Gasteiger partial charge in [0.2, 0.25) is 0 Å². The van der Waals surface area contributed by atoms with Crippen molar-refractivity contribution in [2.45, 2.75) is 38.5 Å². The fraction of sp³-hybridized carbons (Fsp3) is 0.636. The normalized spacial score (nSPS) is 28.5. The lowest BCUT2D eigenvalue weighted by atomic mass is 9.97. The Morgan fingerprint density at radius 1 is 1.53 bits per heavy atom. The lowest BCUT2D eigenvalue weighted by molar-refractivity contribution is -0.135. The third-order valence-corrected chi connectivity index (χ3v) is 2.52. The third kappa shape index (κ3) is 5.27. The van der Waals surface area contributed by atoms with Gasteiger partial charge in [0, 0.05) is 6.42 Å². The van der Waals surface area contributed by atoms with Crippen LogP contribution in [0.4, 0.5) is 8.78 Å². The summed E-state index contributed by atoms with van der Waals surface area (Å²) in [4.78, 5) is 0. The van der Waals surface area contributed by atoms with Crippen molar-refractivity contribution in [2.75, 3.05) is 0 Å². The van der Waals surface area contributed by atoms with Crippen molar-refractivity contribution in [3.63, 3.8) is 0 Å². The molecule has 0 aliphatic heterocycles. The van der Waals surface area contributed by atoms with Gasteiger partial charge in [0.1, 0.15) is 5.76 Å². The largest absolute Gasteiger partial charge is 0.434 e. The van der Waals surface area contributed by atoms with E-state index in [1.807, 2.05) is 18.2 Å². The summed E-state index contributed by atoms with van der Waals surface area (Å²) in [6.45, 7) is 2.06. The first-order valence-corrected chi connectivity index (χ1v) is 5.80. The lowest BCUT2D eigenvalue weighted by Gasteiger charge is -2.19. The quantitative estimate of drug-likeness (QED) is 0.528. The zero-order valence-electron chi connectivity index (χ0n) is 8.88. The Kier molecular flexibility index (Phi) is 4.72. The smallest absolute Gasteiger partial charge is 0.408 e. The highest BCUT2D eigenvalue weighted by Gasteiger charge is 2.24. The number of ether oxygens (including phenoxy) is 1. The number of hydrogen-bond donors (Lipinski definition) is 0. The number of hydrogen-bond acceptors (Lipinski definition) is 1. The molecule has 1 rings (SSSR count). The van der Waals surface area contributed by atoms with Gasteiger partial charge in [-0.05, 0) is 40.5 Å². The first-order valence-electron chi connectivity index (χ1n) is 5.22. The molecule has 0 heterocycles. The Labute approximate surface area is 91.8 Å².